The SMILES string of the molecule is COc1cccc(C(=O)Cc2ccc(C(F)(F)F)cc2)c1. The maximum Gasteiger partial charge on any atom is 0.416 e. The van der Waals surface area contributed by atoms with Crippen LogP contribution in [0.5, 0.6) is 5.75 Å². The van der Waals surface area contributed by atoms with Crippen molar-refractivity contribution in [1.82, 2.24) is 0 Å². The second-order valence-electron chi connectivity index (χ2n) is 4.53. The normalized spacial score (nSPS) is 11.2. The predicted octanol–water partition coefficient (Wildman–Crippen LogP) is 4.14. The van der Waals surface area contributed by atoms with Crippen LogP contribution in [0.15, 0.2) is 48.5 Å². The van der Waals surface area contributed by atoms with E-state index in [4.69, 9.17) is 4.74 Å². The summed E-state index contributed by atoms with van der Waals surface area (Å²) >= 11 is 0. The van der Waals surface area contributed by atoms with Gasteiger partial charge in [0.25, 0.3) is 0 Å². The first-order chi connectivity index (χ1) is 9.90. The lowest BCUT2D eigenvalue weighted by Crippen LogP contribution is -2.06. The Balaban J connectivity index is 2.12. The van der Waals surface area contributed by atoms with Gasteiger partial charge in [-0.05, 0) is 29.8 Å². The zero-order valence-corrected chi connectivity index (χ0v) is 11.3. The summed E-state index contributed by atoms with van der Waals surface area (Å²) in [6.07, 6.45) is -4.32. The van der Waals surface area contributed by atoms with E-state index in [0.29, 0.717) is 16.9 Å². The van der Waals surface area contributed by atoms with Crippen LogP contribution < -0.4 is 4.74 Å². The highest BCUT2D eigenvalue weighted by molar-refractivity contribution is 5.97. The molecule has 0 saturated carbocycles. The van der Waals surface area contributed by atoms with Gasteiger partial charge in [-0.2, -0.15) is 13.2 Å². The van der Waals surface area contributed by atoms with Crippen LogP contribution in [0.1, 0.15) is 21.5 Å². The topological polar surface area (TPSA) is 26.3 Å². The predicted molar refractivity (Wildman–Crippen MR) is 72.5 cm³/mol. The van der Waals surface area contributed by atoms with Crippen molar-refractivity contribution in [2.45, 2.75) is 12.6 Å². The van der Waals surface area contributed by atoms with Crippen molar-refractivity contribution in [1.29, 1.82) is 0 Å². The van der Waals surface area contributed by atoms with E-state index in [9.17, 15) is 18.0 Å². The third-order valence-electron chi connectivity index (χ3n) is 3.04. The van der Waals surface area contributed by atoms with Gasteiger partial charge in [0, 0.05) is 12.0 Å². The van der Waals surface area contributed by atoms with Gasteiger partial charge in [-0.3, -0.25) is 4.79 Å². The number of methoxy groups -OCH3 is 1. The molecule has 2 rings (SSSR count). The summed E-state index contributed by atoms with van der Waals surface area (Å²) in [5.41, 5.74) is 0.283. The molecule has 0 radical (unpaired) electrons. The van der Waals surface area contributed by atoms with Crippen LogP contribution in [0.25, 0.3) is 0 Å². The first-order valence-electron chi connectivity index (χ1n) is 6.23. The van der Waals surface area contributed by atoms with Crippen LogP contribution in [0, 0.1) is 0 Å². The number of carbonyl (C=O) groups is 1. The molecule has 5 heteroatoms. The number of ketones is 1. The minimum Gasteiger partial charge on any atom is -0.497 e. The monoisotopic (exact) mass is 294 g/mol. The quantitative estimate of drug-likeness (QED) is 0.792. The van der Waals surface area contributed by atoms with E-state index in [1.54, 1.807) is 24.3 Å². The van der Waals surface area contributed by atoms with E-state index < -0.39 is 11.7 Å². The molecule has 0 N–H and O–H groups in total. The molecule has 0 fully saturated rings. The van der Waals surface area contributed by atoms with E-state index in [-0.39, 0.29) is 12.2 Å². The van der Waals surface area contributed by atoms with Gasteiger partial charge in [-0.15, -0.1) is 0 Å². The van der Waals surface area contributed by atoms with Crippen molar-refractivity contribution >= 4 is 5.78 Å². The van der Waals surface area contributed by atoms with Crippen molar-refractivity contribution in [3.05, 3.63) is 65.2 Å². The summed E-state index contributed by atoms with van der Waals surface area (Å²) in [7, 11) is 1.50. The summed E-state index contributed by atoms with van der Waals surface area (Å²) in [4.78, 5) is 12.1. The molecule has 0 aliphatic rings. The fourth-order valence-electron chi connectivity index (χ4n) is 1.90. The first kappa shape index (κ1) is 15.1. The molecule has 0 spiro atoms. The van der Waals surface area contributed by atoms with Crippen molar-refractivity contribution < 1.29 is 22.7 Å². The minimum absolute atomic E-state index is 0.0469. The molecule has 0 aliphatic heterocycles. The zero-order valence-electron chi connectivity index (χ0n) is 11.3. The highest BCUT2D eigenvalue weighted by atomic mass is 19.4. The average Bonchev–Trinajstić information content (AvgIpc) is 2.47. The van der Waals surface area contributed by atoms with Crippen LogP contribution >= 0.6 is 0 Å². The lowest BCUT2D eigenvalue weighted by molar-refractivity contribution is -0.137. The summed E-state index contributed by atoms with van der Waals surface area (Å²) in [6.45, 7) is 0. The number of alkyl halides is 3. The molecule has 0 aliphatic carbocycles. The molecule has 0 saturated heterocycles. The maximum absolute atomic E-state index is 12.4. The Morgan fingerprint density at radius 3 is 2.33 bits per heavy atom. The second-order valence-corrected chi connectivity index (χ2v) is 4.53. The molecule has 2 nitrogen and oxygen atoms in total. The van der Waals surface area contributed by atoms with Gasteiger partial charge in [0.05, 0.1) is 12.7 Å². The number of ether oxygens (including phenoxy) is 1. The number of halogens is 3. The number of rotatable bonds is 4. The Kier molecular flexibility index (Phi) is 4.31. The number of hydrogen-bond acceptors (Lipinski definition) is 2. The van der Waals surface area contributed by atoms with E-state index in [1.165, 1.54) is 19.2 Å². The van der Waals surface area contributed by atoms with Gasteiger partial charge in [-0.25, -0.2) is 0 Å². The molecule has 0 bridgehead atoms. The summed E-state index contributed by atoms with van der Waals surface area (Å²) in [6, 6.07) is 11.3. The summed E-state index contributed by atoms with van der Waals surface area (Å²) in [5, 5.41) is 0. The van der Waals surface area contributed by atoms with Crippen LogP contribution in [0.2, 0.25) is 0 Å². The van der Waals surface area contributed by atoms with Crippen molar-refractivity contribution in [3.8, 4) is 5.75 Å². The Morgan fingerprint density at radius 2 is 1.76 bits per heavy atom. The Hall–Kier alpha value is -2.30. The largest absolute Gasteiger partial charge is 0.497 e. The number of hydrogen-bond donors (Lipinski definition) is 0. The van der Waals surface area contributed by atoms with Gasteiger partial charge in [0.1, 0.15) is 5.75 Å². The number of Topliss-reactive ketones (excluding diaryl/α,β-unsaturated/α-hetero) is 1. The van der Waals surface area contributed by atoms with Crippen LogP contribution in [0.4, 0.5) is 13.2 Å². The van der Waals surface area contributed by atoms with E-state index in [2.05, 4.69) is 0 Å². The van der Waals surface area contributed by atoms with Gasteiger partial charge in [0.15, 0.2) is 5.78 Å². The summed E-state index contributed by atoms with van der Waals surface area (Å²) < 4.78 is 42.4. The van der Waals surface area contributed by atoms with Gasteiger partial charge >= 0.3 is 6.18 Å². The fourth-order valence-corrected chi connectivity index (χ4v) is 1.90. The smallest absolute Gasteiger partial charge is 0.416 e. The Morgan fingerprint density at radius 1 is 1.10 bits per heavy atom. The lowest BCUT2D eigenvalue weighted by atomic mass is 10.0. The second kappa shape index (κ2) is 5.99. The van der Waals surface area contributed by atoms with E-state index in [0.717, 1.165) is 12.1 Å². The van der Waals surface area contributed by atoms with Gasteiger partial charge in [0.2, 0.25) is 0 Å². The molecule has 0 atom stereocenters. The number of benzene rings is 2. The molecular weight excluding hydrogens is 281 g/mol. The number of carbonyl (C=O) groups excluding carboxylic acids is 1. The molecule has 110 valence electrons. The highest BCUT2D eigenvalue weighted by Crippen LogP contribution is 2.29. The molecule has 0 amide bonds. The summed E-state index contributed by atoms with van der Waals surface area (Å²) in [5.74, 6) is 0.391. The van der Waals surface area contributed by atoms with Gasteiger partial charge < -0.3 is 4.74 Å². The molecule has 2 aromatic carbocycles. The highest BCUT2D eigenvalue weighted by Gasteiger charge is 2.29. The molecule has 0 unspecified atom stereocenters. The van der Waals surface area contributed by atoms with Crippen molar-refractivity contribution in [3.63, 3.8) is 0 Å². The van der Waals surface area contributed by atoms with Crippen LogP contribution in [0.3, 0.4) is 0 Å². The van der Waals surface area contributed by atoms with Crippen molar-refractivity contribution in [2.75, 3.05) is 7.11 Å². The van der Waals surface area contributed by atoms with Crippen LogP contribution in [-0.2, 0) is 12.6 Å². The Bertz CT molecular complexity index is 631. The third kappa shape index (κ3) is 3.84. The fraction of sp³-hybridized carbons (Fsp3) is 0.188. The van der Waals surface area contributed by atoms with E-state index >= 15 is 0 Å². The van der Waals surface area contributed by atoms with Gasteiger partial charge in [-0.1, -0.05) is 24.3 Å². The molecule has 21 heavy (non-hydrogen) atoms. The first-order valence-corrected chi connectivity index (χ1v) is 6.23. The molecule has 0 aromatic heterocycles. The standard InChI is InChI=1S/C16H13F3O2/c1-21-14-4-2-3-12(10-14)15(20)9-11-5-7-13(8-6-11)16(17,18)19/h2-8,10H,9H2,1H3. The van der Waals surface area contributed by atoms with E-state index in [1.807, 2.05) is 0 Å². The van der Waals surface area contributed by atoms with Crippen molar-refractivity contribution in [2.24, 2.45) is 0 Å². The zero-order chi connectivity index (χ0) is 15.5. The maximum atomic E-state index is 12.4. The van der Waals surface area contributed by atoms with Crippen LogP contribution in [-0.4, -0.2) is 12.9 Å². The third-order valence-corrected chi connectivity index (χ3v) is 3.04. The average molecular weight is 294 g/mol. The lowest BCUT2D eigenvalue weighted by Gasteiger charge is -2.08. The Labute approximate surface area is 120 Å². The minimum atomic E-state index is -4.37. The molecule has 0 heterocycles. The molecule has 2 aromatic rings. The molecular formula is C16H13F3O2.